The van der Waals surface area contributed by atoms with E-state index in [0.29, 0.717) is 18.7 Å². The summed E-state index contributed by atoms with van der Waals surface area (Å²) in [5, 5.41) is -0.130. The van der Waals surface area contributed by atoms with Crippen LogP contribution in [0.15, 0.2) is 42.5 Å². The summed E-state index contributed by atoms with van der Waals surface area (Å²) in [6.07, 6.45) is 0.161. The van der Waals surface area contributed by atoms with E-state index in [1.165, 1.54) is 36.4 Å². The molecule has 2 amide bonds. The number of nitrogens with two attached hydrogens (primary N) is 1. The molecule has 2 aromatic carbocycles. The summed E-state index contributed by atoms with van der Waals surface area (Å²) in [5.41, 5.74) is 5.63. The van der Waals surface area contributed by atoms with Crippen molar-refractivity contribution in [1.82, 2.24) is 4.90 Å². The molecule has 1 saturated heterocycles. The van der Waals surface area contributed by atoms with Gasteiger partial charge in [-0.2, -0.15) is 0 Å². The van der Waals surface area contributed by atoms with Gasteiger partial charge in [-0.25, -0.2) is 8.78 Å². The Morgan fingerprint density at radius 3 is 2.54 bits per heavy atom. The largest absolute Gasteiger partial charge is 0.490 e. The number of benzene rings is 2. The van der Waals surface area contributed by atoms with E-state index in [2.05, 4.69) is 0 Å². The van der Waals surface area contributed by atoms with E-state index in [0.717, 1.165) is 6.07 Å². The summed E-state index contributed by atoms with van der Waals surface area (Å²) in [4.78, 5) is 25.8. The number of likely N-dealkylation sites (tertiary alicyclic amines) is 1. The first-order valence-corrected chi connectivity index (χ1v) is 9.16. The molecule has 0 unspecified atom stereocenters. The van der Waals surface area contributed by atoms with E-state index in [-0.39, 0.29) is 47.3 Å². The predicted octanol–water partition coefficient (Wildman–Crippen LogP) is 3.40. The Kier molecular flexibility index (Phi) is 6.14. The first-order valence-electron chi connectivity index (χ1n) is 8.78. The first kappa shape index (κ1) is 20.1. The summed E-state index contributed by atoms with van der Waals surface area (Å²) in [6.45, 7) is 0.636. The van der Waals surface area contributed by atoms with Crippen LogP contribution in [0.2, 0.25) is 5.02 Å². The monoisotopic (exact) mass is 408 g/mol. The molecule has 2 aromatic rings. The maximum atomic E-state index is 13.3. The maximum Gasteiger partial charge on any atom is 0.253 e. The number of carbonyl (C=O) groups excluding carboxylic acids is 2. The molecule has 0 radical (unpaired) electrons. The Morgan fingerprint density at radius 2 is 1.89 bits per heavy atom. The molecule has 8 heteroatoms. The van der Waals surface area contributed by atoms with Crippen molar-refractivity contribution < 1.29 is 23.1 Å². The molecule has 0 aromatic heterocycles. The van der Waals surface area contributed by atoms with Gasteiger partial charge in [-0.05, 0) is 42.5 Å². The highest BCUT2D eigenvalue weighted by molar-refractivity contribution is 6.31. The molecule has 28 heavy (non-hydrogen) atoms. The van der Waals surface area contributed by atoms with Gasteiger partial charge in [-0.1, -0.05) is 11.6 Å². The van der Waals surface area contributed by atoms with E-state index >= 15 is 0 Å². The summed E-state index contributed by atoms with van der Waals surface area (Å²) in [5.74, 6) is -1.63. The number of piperidine rings is 1. The van der Waals surface area contributed by atoms with Crippen molar-refractivity contribution in [3.63, 3.8) is 0 Å². The summed E-state index contributed by atoms with van der Waals surface area (Å²) in [7, 11) is 0. The number of hydrogen-bond donors (Lipinski definition) is 1. The highest BCUT2D eigenvalue weighted by atomic mass is 35.5. The van der Waals surface area contributed by atoms with Gasteiger partial charge < -0.3 is 15.4 Å². The molecular weight excluding hydrogens is 390 g/mol. The van der Waals surface area contributed by atoms with Gasteiger partial charge >= 0.3 is 0 Å². The number of ether oxygens (including phenoxy) is 1. The van der Waals surface area contributed by atoms with Crippen LogP contribution < -0.4 is 10.5 Å². The SMILES string of the molecule is NC(=O)C[C@H]1CN(C(=O)c2ccc(F)c(Cl)c2)CC[C@@H]1Oc1ccc(F)cc1. The minimum Gasteiger partial charge on any atom is -0.490 e. The zero-order valence-electron chi connectivity index (χ0n) is 14.9. The third-order valence-corrected chi connectivity index (χ3v) is 4.97. The molecule has 1 aliphatic rings. The van der Waals surface area contributed by atoms with E-state index < -0.39 is 11.7 Å². The number of primary amides is 1. The molecule has 5 nitrogen and oxygen atoms in total. The second-order valence-corrected chi connectivity index (χ2v) is 7.12. The molecule has 1 heterocycles. The maximum absolute atomic E-state index is 13.3. The van der Waals surface area contributed by atoms with Crippen molar-refractivity contribution in [3.8, 4) is 5.75 Å². The van der Waals surface area contributed by atoms with Gasteiger partial charge in [0.05, 0.1) is 5.02 Å². The number of amides is 2. The number of rotatable bonds is 5. The topological polar surface area (TPSA) is 72.6 Å². The van der Waals surface area contributed by atoms with Gasteiger partial charge in [0.2, 0.25) is 5.91 Å². The molecule has 2 N–H and O–H groups in total. The third kappa shape index (κ3) is 4.78. The Bertz CT molecular complexity index is 876. The Hall–Kier alpha value is -2.67. The lowest BCUT2D eigenvalue weighted by Gasteiger charge is -2.38. The second-order valence-electron chi connectivity index (χ2n) is 6.71. The van der Waals surface area contributed by atoms with Gasteiger partial charge in [0.1, 0.15) is 23.5 Å². The van der Waals surface area contributed by atoms with Crippen LogP contribution in [0.4, 0.5) is 8.78 Å². The quantitative estimate of drug-likeness (QED) is 0.824. The van der Waals surface area contributed by atoms with Crippen LogP contribution >= 0.6 is 11.6 Å². The lowest BCUT2D eigenvalue weighted by Crippen LogP contribution is -2.49. The Labute approximate surface area is 166 Å². The highest BCUT2D eigenvalue weighted by Gasteiger charge is 2.34. The zero-order chi connectivity index (χ0) is 20.3. The van der Waals surface area contributed by atoms with Gasteiger partial charge in [-0.3, -0.25) is 9.59 Å². The van der Waals surface area contributed by atoms with E-state index in [1.54, 1.807) is 4.90 Å². The Balaban J connectivity index is 1.73. The lowest BCUT2D eigenvalue weighted by molar-refractivity contribution is -0.120. The van der Waals surface area contributed by atoms with Crippen LogP contribution in [0.1, 0.15) is 23.2 Å². The highest BCUT2D eigenvalue weighted by Crippen LogP contribution is 2.27. The van der Waals surface area contributed by atoms with Gasteiger partial charge in [0.25, 0.3) is 5.91 Å². The van der Waals surface area contributed by atoms with E-state index in [4.69, 9.17) is 22.1 Å². The average molecular weight is 409 g/mol. The Morgan fingerprint density at radius 1 is 1.18 bits per heavy atom. The van der Waals surface area contributed by atoms with Crippen molar-refractivity contribution in [2.45, 2.75) is 18.9 Å². The second kappa shape index (κ2) is 8.56. The van der Waals surface area contributed by atoms with Crippen LogP contribution in [0, 0.1) is 17.6 Å². The van der Waals surface area contributed by atoms with Gasteiger partial charge in [0, 0.05) is 37.4 Å². The minimum absolute atomic E-state index is 0.0415. The minimum atomic E-state index is -0.601. The van der Waals surface area contributed by atoms with Crippen molar-refractivity contribution in [1.29, 1.82) is 0 Å². The fourth-order valence-electron chi connectivity index (χ4n) is 3.30. The fraction of sp³-hybridized carbons (Fsp3) is 0.300. The van der Waals surface area contributed by atoms with Crippen molar-refractivity contribution in [2.75, 3.05) is 13.1 Å². The zero-order valence-corrected chi connectivity index (χ0v) is 15.7. The van der Waals surface area contributed by atoms with Gasteiger partial charge in [0.15, 0.2) is 0 Å². The third-order valence-electron chi connectivity index (χ3n) is 4.68. The first-order chi connectivity index (χ1) is 13.3. The number of nitrogens with zero attached hydrogens (tertiary/aromatic N) is 1. The van der Waals surface area contributed by atoms with E-state index in [9.17, 15) is 18.4 Å². The normalized spacial score (nSPS) is 19.3. The standard InChI is InChI=1S/C20H19ClF2N2O3/c21-16-9-12(1-6-17(16)23)20(27)25-8-7-18(13(11-25)10-19(24)26)28-15-4-2-14(22)3-5-15/h1-6,9,13,18H,7-8,10-11H2,(H2,24,26)/t13-,18-/m0/s1. The van der Waals surface area contributed by atoms with Crippen molar-refractivity contribution in [3.05, 3.63) is 64.7 Å². The van der Waals surface area contributed by atoms with Crippen LogP contribution in [-0.4, -0.2) is 35.9 Å². The van der Waals surface area contributed by atoms with Crippen LogP contribution in [0.5, 0.6) is 5.75 Å². The molecule has 0 spiro atoms. The molecule has 148 valence electrons. The smallest absolute Gasteiger partial charge is 0.253 e. The summed E-state index contributed by atoms with van der Waals surface area (Å²) >= 11 is 5.77. The van der Waals surface area contributed by atoms with Crippen LogP contribution in [0.25, 0.3) is 0 Å². The number of halogens is 3. The predicted molar refractivity (Wildman–Crippen MR) is 100 cm³/mol. The molecule has 1 fully saturated rings. The molecular formula is C20H19ClF2N2O3. The van der Waals surface area contributed by atoms with Gasteiger partial charge in [-0.15, -0.1) is 0 Å². The number of carbonyl (C=O) groups is 2. The van der Waals surface area contributed by atoms with Crippen LogP contribution in [-0.2, 0) is 4.79 Å². The fourth-order valence-corrected chi connectivity index (χ4v) is 3.48. The van der Waals surface area contributed by atoms with Crippen molar-refractivity contribution >= 4 is 23.4 Å². The molecule has 0 bridgehead atoms. The summed E-state index contributed by atoms with van der Waals surface area (Å²) in [6, 6.07) is 9.38. The molecule has 1 aliphatic heterocycles. The van der Waals surface area contributed by atoms with Crippen molar-refractivity contribution in [2.24, 2.45) is 11.7 Å². The molecule has 0 saturated carbocycles. The average Bonchev–Trinajstić information content (AvgIpc) is 2.66. The van der Waals surface area contributed by atoms with Crippen LogP contribution in [0.3, 0.4) is 0 Å². The molecule has 3 rings (SSSR count). The number of hydrogen-bond acceptors (Lipinski definition) is 3. The van der Waals surface area contributed by atoms with E-state index in [1.807, 2.05) is 0 Å². The summed E-state index contributed by atoms with van der Waals surface area (Å²) < 4.78 is 32.3. The lowest BCUT2D eigenvalue weighted by atomic mass is 9.90. The molecule has 0 aliphatic carbocycles. The molecule has 2 atom stereocenters.